The third-order valence-corrected chi connectivity index (χ3v) is 4.04. The third kappa shape index (κ3) is 4.39. The maximum absolute atomic E-state index is 10.6. The van der Waals surface area contributed by atoms with Crippen molar-refractivity contribution in [1.82, 2.24) is 0 Å². The van der Waals surface area contributed by atoms with Crippen LogP contribution in [0.4, 0.5) is 5.69 Å². The number of hydrogen-bond acceptors (Lipinski definition) is 4. The molecule has 0 amide bonds. The first-order chi connectivity index (χ1) is 10.6. The second-order valence-electron chi connectivity index (χ2n) is 5.68. The van der Waals surface area contributed by atoms with Gasteiger partial charge in [0, 0.05) is 12.1 Å². The first-order valence-corrected chi connectivity index (χ1v) is 7.71. The van der Waals surface area contributed by atoms with Crippen molar-refractivity contribution in [1.29, 1.82) is 0 Å². The molecule has 22 heavy (non-hydrogen) atoms. The minimum absolute atomic E-state index is 0.0602. The van der Waals surface area contributed by atoms with Gasteiger partial charge in [0.25, 0.3) is 5.69 Å². The van der Waals surface area contributed by atoms with Crippen molar-refractivity contribution in [2.45, 2.75) is 45.0 Å². The van der Waals surface area contributed by atoms with Gasteiger partial charge in [0.15, 0.2) is 0 Å². The largest absolute Gasteiger partial charge is 0.375 e. The Labute approximate surface area is 131 Å². The normalized spacial score (nSPS) is 22.4. The summed E-state index contributed by atoms with van der Waals surface area (Å²) >= 11 is 0. The average molecular weight is 305 g/mol. The standard InChI is InChI=1S/C17H23NO4/c1-3-5-14-10-17(22-12-14)16(4-2)21-11-13-6-8-15(9-7-13)18(19)20/h3,6-9,14,16-17H,1,4-5,10-12H2,2H3/t14-,16-,17+/m1/s1. The van der Waals surface area contributed by atoms with Gasteiger partial charge in [-0.1, -0.05) is 13.0 Å². The lowest BCUT2D eigenvalue weighted by Crippen LogP contribution is -2.27. The van der Waals surface area contributed by atoms with E-state index in [-0.39, 0.29) is 17.9 Å². The van der Waals surface area contributed by atoms with Gasteiger partial charge in [0.05, 0.1) is 30.3 Å². The molecule has 1 aliphatic heterocycles. The van der Waals surface area contributed by atoms with Gasteiger partial charge in [-0.3, -0.25) is 10.1 Å². The van der Waals surface area contributed by atoms with Crippen LogP contribution in [0.2, 0.25) is 0 Å². The highest BCUT2D eigenvalue weighted by Crippen LogP contribution is 2.28. The molecule has 0 aliphatic carbocycles. The van der Waals surface area contributed by atoms with Crippen LogP contribution in [0.3, 0.4) is 0 Å². The number of benzene rings is 1. The number of rotatable bonds is 8. The van der Waals surface area contributed by atoms with Crippen molar-refractivity contribution < 1.29 is 14.4 Å². The number of ether oxygens (including phenoxy) is 2. The van der Waals surface area contributed by atoms with Crippen LogP contribution in [0.25, 0.3) is 0 Å². The Balaban J connectivity index is 1.85. The molecule has 0 bridgehead atoms. The van der Waals surface area contributed by atoms with Crippen LogP contribution >= 0.6 is 0 Å². The van der Waals surface area contributed by atoms with Crippen molar-refractivity contribution >= 4 is 5.69 Å². The van der Waals surface area contributed by atoms with Crippen LogP contribution in [0.1, 0.15) is 31.7 Å². The van der Waals surface area contributed by atoms with Crippen molar-refractivity contribution in [2.24, 2.45) is 5.92 Å². The van der Waals surface area contributed by atoms with E-state index in [9.17, 15) is 10.1 Å². The van der Waals surface area contributed by atoms with E-state index in [0.717, 1.165) is 31.4 Å². The smallest absolute Gasteiger partial charge is 0.269 e. The van der Waals surface area contributed by atoms with Gasteiger partial charge in [-0.05, 0) is 42.9 Å². The fourth-order valence-corrected chi connectivity index (χ4v) is 2.79. The molecule has 1 fully saturated rings. The molecule has 1 aliphatic rings. The van der Waals surface area contributed by atoms with E-state index >= 15 is 0 Å². The van der Waals surface area contributed by atoms with Gasteiger partial charge in [-0.2, -0.15) is 0 Å². The summed E-state index contributed by atoms with van der Waals surface area (Å²) in [6, 6.07) is 6.49. The molecular weight excluding hydrogens is 282 g/mol. The fraction of sp³-hybridized carbons (Fsp3) is 0.529. The highest BCUT2D eigenvalue weighted by Gasteiger charge is 2.30. The summed E-state index contributed by atoms with van der Waals surface area (Å²) in [4.78, 5) is 10.2. The lowest BCUT2D eigenvalue weighted by atomic mass is 9.98. The summed E-state index contributed by atoms with van der Waals surface area (Å²) < 4.78 is 11.8. The lowest BCUT2D eigenvalue weighted by molar-refractivity contribution is -0.384. The van der Waals surface area contributed by atoms with E-state index in [2.05, 4.69) is 13.5 Å². The quantitative estimate of drug-likeness (QED) is 0.415. The number of nitro groups is 1. The molecule has 1 aromatic rings. The van der Waals surface area contributed by atoms with Crippen LogP contribution in [0.15, 0.2) is 36.9 Å². The lowest BCUT2D eigenvalue weighted by Gasteiger charge is -2.22. The molecule has 1 aromatic carbocycles. The van der Waals surface area contributed by atoms with Gasteiger partial charge < -0.3 is 9.47 Å². The Kier molecular flexibility index (Phi) is 6.10. The van der Waals surface area contributed by atoms with Crippen molar-refractivity contribution in [3.8, 4) is 0 Å². The first kappa shape index (κ1) is 16.6. The van der Waals surface area contributed by atoms with E-state index in [1.54, 1.807) is 12.1 Å². The Hall–Kier alpha value is -1.72. The van der Waals surface area contributed by atoms with E-state index in [1.165, 1.54) is 12.1 Å². The zero-order chi connectivity index (χ0) is 15.9. The zero-order valence-corrected chi connectivity index (χ0v) is 12.9. The molecule has 0 unspecified atom stereocenters. The zero-order valence-electron chi connectivity index (χ0n) is 12.9. The molecule has 1 saturated heterocycles. The summed E-state index contributed by atoms with van der Waals surface area (Å²) in [5, 5.41) is 10.6. The van der Waals surface area contributed by atoms with Crippen LogP contribution in [0, 0.1) is 16.0 Å². The molecule has 0 aromatic heterocycles. The summed E-state index contributed by atoms with van der Waals surface area (Å²) in [5.41, 5.74) is 1.03. The molecule has 2 rings (SSSR count). The minimum atomic E-state index is -0.397. The van der Waals surface area contributed by atoms with Crippen molar-refractivity contribution in [3.63, 3.8) is 0 Å². The van der Waals surface area contributed by atoms with Crippen LogP contribution in [0.5, 0.6) is 0 Å². The molecular formula is C17H23NO4. The molecule has 3 atom stereocenters. The molecule has 0 saturated carbocycles. The monoisotopic (exact) mass is 305 g/mol. The molecule has 120 valence electrons. The summed E-state index contributed by atoms with van der Waals surface area (Å²) in [6.07, 6.45) is 5.01. The van der Waals surface area contributed by atoms with Crippen molar-refractivity contribution in [3.05, 3.63) is 52.6 Å². The second-order valence-corrected chi connectivity index (χ2v) is 5.68. The molecule has 0 N–H and O–H groups in total. The summed E-state index contributed by atoms with van der Waals surface area (Å²) in [7, 11) is 0. The van der Waals surface area contributed by atoms with Gasteiger partial charge in [0.2, 0.25) is 0 Å². The van der Waals surface area contributed by atoms with E-state index in [0.29, 0.717) is 12.5 Å². The van der Waals surface area contributed by atoms with Gasteiger partial charge in [-0.25, -0.2) is 0 Å². The highest BCUT2D eigenvalue weighted by atomic mass is 16.6. The number of allylic oxidation sites excluding steroid dienone is 1. The molecule has 5 nitrogen and oxygen atoms in total. The summed E-state index contributed by atoms with van der Waals surface area (Å²) in [6.45, 7) is 7.08. The maximum atomic E-state index is 10.6. The van der Waals surface area contributed by atoms with Crippen molar-refractivity contribution in [2.75, 3.05) is 6.61 Å². The number of nitrogens with zero attached hydrogens (tertiary/aromatic N) is 1. The van der Waals surface area contributed by atoms with Gasteiger partial charge in [0.1, 0.15) is 0 Å². The first-order valence-electron chi connectivity index (χ1n) is 7.71. The summed E-state index contributed by atoms with van der Waals surface area (Å²) in [5.74, 6) is 0.541. The predicted molar refractivity (Wildman–Crippen MR) is 84.6 cm³/mol. The van der Waals surface area contributed by atoms with Crippen LogP contribution in [-0.4, -0.2) is 23.7 Å². The van der Waals surface area contributed by atoms with Crippen LogP contribution in [-0.2, 0) is 16.1 Å². The molecule has 0 spiro atoms. The maximum Gasteiger partial charge on any atom is 0.269 e. The topological polar surface area (TPSA) is 61.6 Å². The predicted octanol–water partition coefficient (Wildman–Crippen LogP) is 3.87. The van der Waals surface area contributed by atoms with Gasteiger partial charge in [-0.15, -0.1) is 6.58 Å². The SMILES string of the molecule is C=CC[C@H]1CO[C@H]([C@@H](CC)OCc2ccc([N+](=O)[O-])cc2)C1. The highest BCUT2D eigenvalue weighted by molar-refractivity contribution is 5.32. The molecule has 5 heteroatoms. The molecule has 0 radical (unpaired) electrons. The Morgan fingerprint density at radius 1 is 1.50 bits per heavy atom. The Bertz CT molecular complexity index is 500. The second kappa shape index (κ2) is 8.06. The molecule has 1 heterocycles. The minimum Gasteiger partial charge on any atom is -0.375 e. The van der Waals surface area contributed by atoms with Crippen LogP contribution < -0.4 is 0 Å². The fourth-order valence-electron chi connectivity index (χ4n) is 2.79. The third-order valence-electron chi connectivity index (χ3n) is 4.04. The Morgan fingerprint density at radius 3 is 2.82 bits per heavy atom. The number of nitro benzene ring substituents is 1. The van der Waals surface area contributed by atoms with E-state index < -0.39 is 4.92 Å². The van der Waals surface area contributed by atoms with E-state index in [1.807, 2.05) is 6.08 Å². The Morgan fingerprint density at radius 2 is 2.23 bits per heavy atom. The van der Waals surface area contributed by atoms with Gasteiger partial charge >= 0.3 is 0 Å². The van der Waals surface area contributed by atoms with E-state index in [4.69, 9.17) is 9.47 Å². The number of non-ortho nitro benzene ring substituents is 1. The number of hydrogen-bond donors (Lipinski definition) is 0. The average Bonchev–Trinajstić information content (AvgIpc) is 2.97.